The van der Waals surface area contributed by atoms with Gasteiger partial charge in [0, 0.05) is 17.7 Å². The van der Waals surface area contributed by atoms with Crippen molar-refractivity contribution in [2.24, 2.45) is 0 Å². The van der Waals surface area contributed by atoms with Gasteiger partial charge < -0.3 is 10.4 Å². The third kappa shape index (κ3) is 3.90. The smallest absolute Gasteiger partial charge is 0.328 e. The standard InChI is InChI=1S/C12H11NO4/c1-8(14)9-4-2-3-5-10(9)13-11(15)6-7-12(16)17/h2-7H,1H3,(H,13,15)(H,16,17). The molecule has 0 atom stereocenters. The summed E-state index contributed by atoms with van der Waals surface area (Å²) in [6, 6.07) is 6.50. The fourth-order valence-electron chi connectivity index (χ4n) is 1.22. The summed E-state index contributed by atoms with van der Waals surface area (Å²) in [6.45, 7) is 1.39. The zero-order valence-corrected chi connectivity index (χ0v) is 9.14. The zero-order valence-electron chi connectivity index (χ0n) is 9.14. The molecule has 0 aliphatic heterocycles. The SMILES string of the molecule is CC(=O)c1ccccc1NC(=O)C=CC(=O)O. The second kappa shape index (κ2) is 5.60. The summed E-state index contributed by atoms with van der Waals surface area (Å²) in [5.41, 5.74) is 0.740. The number of hydrogen-bond donors (Lipinski definition) is 2. The molecular weight excluding hydrogens is 222 g/mol. The molecule has 0 heterocycles. The lowest BCUT2D eigenvalue weighted by molar-refractivity contribution is -0.131. The number of ketones is 1. The fraction of sp³-hybridized carbons (Fsp3) is 0.0833. The van der Waals surface area contributed by atoms with Crippen LogP contribution < -0.4 is 5.32 Å². The minimum atomic E-state index is -1.21. The Kier molecular flexibility index (Phi) is 4.16. The van der Waals surface area contributed by atoms with Crippen LogP contribution in [0.25, 0.3) is 0 Å². The molecule has 0 fully saturated rings. The molecule has 5 heteroatoms. The van der Waals surface area contributed by atoms with Crippen molar-refractivity contribution in [3.05, 3.63) is 42.0 Å². The van der Waals surface area contributed by atoms with Crippen molar-refractivity contribution in [1.29, 1.82) is 0 Å². The number of carboxylic acids is 1. The van der Waals surface area contributed by atoms with E-state index in [1.807, 2.05) is 0 Å². The Morgan fingerprint density at radius 2 is 1.82 bits per heavy atom. The van der Waals surface area contributed by atoms with Crippen molar-refractivity contribution in [2.75, 3.05) is 5.32 Å². The van der Waals surface area contributed by atoms with E-state index in [0.717, 1.165) is 12.2 Å². The highest BCUT2D eigenvalue weighted by molar-refractivity contribution is 6.07. The highest BCUT2D eigenvalue weighted by Crippen LogP contribution is 2.15. The summed E-state index contributed by atoms with van der Waals surface area (Å²) >= 11 is 0. The van der Waals surface area contributed by atoms with Crippen molar-refractivity contribution in [3.63, 3.8) is 0 Å². The van der Waals surface area contributed by atoms with Gasteiger partial charge in [-0.2, -0.15) is 0 Å². The molecule has 0 unspecified atom stereocenters. The van der Waals surface area contributed by atoms with Crippen LogP contribution in [0.1, 0.15) is 17.3 Å². The highest BCUT2D eigenvalue weighted by Gasteiger charge is 2.07. The van der Waals surface area contributed by atoms with E-state index >= 15 is 0 Å². The Balaban J connectivity index is 2.85. The normalized spacial score (nSPS) is 10.2. The lowest BCUT2D eigenvalue weighted by Gasteiger charge is -2.06. The molecule has 0 aromatic heterocycles. The van der Waals surface area contributed by atoms with Crippen LogP contribution in [-0.2, 0) is 9.59 Å². The number of anilines is 1. The van der Waals surface area contributed by atoms with E-state index in [1.165, 1.54) is 6.92 Å². The predicted molar refractivity (Wildman–Crippen MR) is 61.9 cm³/mol. The minimum Gasteiger partial charge on any atom is -0.478 e. The number of nitrogens with one attached hydrogen (secondary N) is 1. The molecule has 0 aliphatic carbocycles. The molecule has 17 heavy (non-hydrogen) atoms. The fourth-order valence-corrected chi connectivity index (χ4v) is 1.22. The molecule has 88 valence electrons. The van der Waals surface area contributed by atoms with Crippen LogP contribution in [0.2, 0.25) is 0 Å². The lowest BCUT2D eigenvalue weighted by Crippen LogP contribution is -2.11. The third-order valence-electron chi connectivity index (χ3n) is 1.94. The molecule has 1 rings (SSSR count). The van der Waals surface area contributed by atoms with Gasteiger partial charge in [-0.25, -0.2) is 4.79 Å². The lowest BCUT2D eigenvalue weighted by atomic mass is 10.1. The molecule has 0 spiro atoms. The molecule has 2 N–H and O–H groups in total. The number of amides is 1. The average molecular weight is 233 g/mol. The number of para-hydroxylation sites is 1. The number of aliphatic carboxylic acids is 1. The van der Waals surface area contributed by atoms with E-state index in [4.69, 9.17) is 5.11 Å². The van der Waals surface area contributed by atoms with E-state index in [9.17, 15) is 14.4 Å². The maximum absolute atomic E-state index is 11.3. The van der Waals surface area contributed by atoms with Crippen molar-refractivity contribution in [3.8, 4) is 0 Å². The summed E-state index contributed by atoms with van der Waals surface area (Å²) < 4.78 is 0. The molecule has 0 bridgehead atoms. The number of carbonyl (C=O) groups excluding carboxylic acids is 2. The van der Waals surface area contributed by atoms with Gasteiger partial charge in [-0.3, -0.25) is 9.59 Å². The Hall–Kier alpha value is -2.43. The first kappa shape index (κ1) is 12.6. The van der Waals surface area contributed by atoms with Gasteiger partial charge in [0.25, 0.3) is 0 Å². The minimum absolute atomic E-state index is 0.178. The first-order chi connectivity index (χ1) is 8.00. The van der Waals surface area contributed by atoms with Crippen LogP contribution in [0.15, 0.2) is 36.4 Å². The van der Waals surface area contributed by atoms with Crippen LogP contribution in [0, 0.1) is 0 Å². The maximum Gasteiger partial charge on any atom is 0.328 e. The van der Waals surface area contributed by atoms with E-state index in [0.29, 0.717) is 11.3 Å². The number of benzene rings is 1. The van der Waals surface area contributed by atoms with Gasteiger partial charge in [0.1, 0.15) is 0 Å². The number of carboxylic acid groups (broad SMARTS) is 1. The Labute approximate surface area is 97.8 Å². The van der Waals surface area contributed by atoms with E-state index in [1.54, 1.807) is 24.3 Å². The second-order valence-electron chi connectivity index (χ2n) is 3.26. The number of carbonyl (C=O) groups is 3. The Morgan fingerprint density at radius 1 is 1.18 bits per heavy atom. The van der Waals surface area contributed by atoms with Gasteiger partial charge in [-0.1, -0.05) is 12.1 Å². The van der Waals surface area contributed by atoms with Crippen LogP contribution in [0.3, 0.4) is 0 Å². The van der Waals surface area contributed by atoms with E-state index in [-0.39, 0.29) is 5.78 Å². The highest BCUT2D eigenvalue weighted by atomic mass is 16.4. The largest absolute Gasteiger partial charge is 0.478 e. The third-order valence-corrected chi connectivity index (χ3v) is 1.94. The molecule has 0 saturated carbocycles. The summed E-state index contributed by atoms with van der Waals surface area (Å²) in [5.74, 6) is -1.98. The van der Waals surface area contributed by atoms with Crippen molar-refractivity contribution < 1.29 is 19.5 Å². The van der Waals surface area contributed by atoms with Crippen molar-refractivity contribution in [2.45, 2.75) is 6.92 Å². The summed E-state index contributed by atoms with van der Waals surface area (Å²) in [5, 5.41) is 10.8. The number of rotatable bonds is 4. The molecule has 1 aromatic carbocycles. The predicted octanol–water partition coefficient (Wildman–Crippen LogP) is 1.47. The average Bonchev–Trinajstić information content (AvgIpc) is 2.27. The van der Waals surface area contributed by atoms with Crippen LogP contribution >= 0.6 is 0 Å². The van der Waals surface area contributed by atoms with Gasteiger partial charge >= 0.3 is 5.97 Å². The molecule has 1 amide bonds. The zero-order chi connectivity index (χ0) is 12.8. The van der Waals surface area contributed by atoms with Crippen LogP contribution in [-0.4, -0.2) is 22.8 Å². The quantitative estimate of drug-likeness (QED) is 0.609. The number of Topliss-reactive ketones (excluding diaryl/α,β-unsaturated/α-hetero) is 1. The van der Waals surface area contributed by atoms with E-state index < -0.39 is 11.9 Å². The second-order valence-corrected chi connectivity index (χ2v) is 3.26. The summed E-state index contributed by atoms with van der Waals surface area (Å²) in [4.78, 5) is 32.8. The summed E-state index contributed by atoms with van der Waals surface area (Å²) in [7, 11) is 0. The van der Waals surface area contributed by atoms with Gasteiger partial charge in [0.05, 0.1) is 5.69 Å². The molecule has 5 nitrogen and oxygen atoms in total. The molecule has 1 aromatic rings. The topological polar surface area (TPSA) is 83.5 Å². The summed E-state index contributed by atoms with van der Waals surface area (Å²) in [6.07, 6.45) is 1.62. The monoisotopic (exact) mass is 233 g/mol. The molecule has 0 radical (unpaired) electrons. The number of hydrogen-bond acceptors (Lipinski definition) is 3. The maximum atomic E-state index is 11.3. The van der Waals surface area contributed by atoms with Crippen LogP contribution in [0.5, 0.6) is 0 Å². The molecular formula is C12H11NO4. The van der Waals surface area contributed by atoms with Crippen molar-refractivity contribution in [1.82, 2.24) is 0 Å². The van der Waals surface area contributed by atoms with E-state index in [2.05, 4.69) is 5.32 Å². The van der Waals surface area contributed by atoms with Gasteiger partial charge in [-0.15, -0.1) is 0 Å². The van der Waals surface area contributed by atoms with Gasteiger partial charge in [-0.05, 0) is 19.1 Å². The first-order valence-electron chi connectivity index (χ1n) is 4.82. The van der Waals surface area contributed by atoms with Gasteiger partial charge in [0.15, 0.2) is 5.78 Å². The molecule has 0 saturated heterocycles. The van der Waals surface area contributed by atoms with Crippen LogP contribution in [0.4, 0.5) is 5.69 Å². The van der Waals surface area contributed by atoms with Crippen molar-refractivity contribution >= 4 is 23.3 Å². The first-order valence-corrected chi connectivity index (χ1v) is 4.82. The Bertz CT molecular complexity index is 491. The Morgan fingerprint density at radius 3 is 2.41 bits per heavy atom. The van der Waals surface area contributed by atoms with Gasteiger partial charge in [0.2, 0.25) is 5.91 Å². The molecule has 0 aliphatic rings.